The number of para-hydroxylation sites is 1. The molecular formula is C23H25N5O2. The fourth-order valence-corrected chi connectivity index (χ4v) is 3.93. The molecular weight excluding hydrogens is 378 g/mol. The van der Waals surface area contributed by atoms with Gasteiger partial charge in [0.25, 0.3) is 5.56 Å². The first-order valence-electron chi connectivity index (χ1n) is 10.1. The Kier molecular flexibility index (Phi) is 5.42. The number of ether oxygens (including phenoxy) is 1. The van der Waals surface area contributed by atoms with Gasteiger partial charge in [0.1, 0.15) is 6.07 Å². The largest absolute Gasteiger partial charge is 0.378 e. The van der Waals surface area contributed by atoms with Crippen LogP contribution < -0.4 is 15.8 Å². The van der Waals surface area contributed by atoms with E-state index >= 15 is 0 Å². The summed E-state index contributed by atoms with van der Waals surface area (Å²) >= 11 is 0. The zero-order valence-electron chi connectivity index (χ0n) is 17.5. The van der Waals surface area contributed by atoms with Crippen LogP contribution in [0.15, 0.2) is 41.2 Å². The van der Waals surface area contributed by atoms with Crippen LogP contribution in [0.4, 0.5) is 11.6 Å². The Balaban J connectivity index is 1.83. The van der Waals surface area contributed by atoms with Crippen LogP contribution in [0.3, 0.4) is 0 Å². The smallest absolute Gasteiger partial charge is 0.262 e. The van der Waals surface area contributed by atoms with Gasteiger partial charge in [-0.2, -0.15) is 5.26 Å². The van der Waals surface area contributed by atoms with Crippen molar-refractivity contribution in [3.8, 4) is 6.07 Å². The zero-order valence-corrected chi connectivity index (χ0v) is 17.5. The monoisotopic (exact) mass is 403 g/mol. The summed E-state index contributed by atoms with van der Waals surface area (Å²) < 4.78 is 7.08. The van der Waals surface area contributed by atoms with Crippen LogP contribution in [0.5, 0.6) is 0 Å². The maximum absolute atomic E-state index is 13.2. The first kappa shape index (κ1) is 19.9. The third-order valence-corrected chi connectivity index (χ3v) is 5.51. The molecule has 7 heteroatoms. The molecule has 1 fully saturated rings. The summed E-state index contributed by atoms with van der Waals surface area (Å²) in [5.41, 5.74) is 3.91. The minimum Gasteiger partial charge on any atom is -0.378 e. The number of aryl methyl sites for hydroxylation is 1. The molecule has 1 aromatic heterocycles. The molecule has 1 N–H and O–H groups in total. The maximum Gasteiger partial charge on any atom is 0.262 e. The van der Waals surface area contributed by atoms with Crippen molar-refractivity contribution in [1.29, 1.82) is 5.26 Å². The summed E-state index contributed by atoms with van der Waals surface area (Å²) in [6.45, 7) is 6.66. The van der Waals surface area contributed by atoms with Crippen LogP contribution in [0.25, 0.3) is 10.9 Å². The number of benzene rings is 2. The minimum atomic E-state index is -0.140. The second kappa shape index (κ2) is 8.17. The van der Waals surface area contributed by atoms with Crippen molar-refractivity contribution >= 4 is 22.5 Å². The Morgan fingerprint density at radius 1 is 1.23 bits per heavy atom. The molecule has 0 radical (unpaired) electrons. The first-order chi connectivity index (χ1) is 14.5. The standard InChI is InChI=1S/C23H25N5O2/c1-15-12-18(16(2)25-20-7-5-4-6-17(20)14-24)21-19(13-15)22(29)27(3)23(26-21)28-8-10-30-11-9-28/h4-7,12-13,16,25H,8-11H2,1-3H3. The molecule has 4 rings (SSSR count). The highest BCUT2D eigenvalue weighted by Gasteiger charge is 2.21. The molecule has 30 heavy (non-hydrogen) atoms. The summed E-state index contributed by atoms with van der Waals surface area (Å²) in [5, 5.41) is 13.4. The summed E-state index contributed by atoms with van der Waals surface area (Å²) in [6.07, 6.45) is 0. The van der Waals surface area contributed by atoms with Gasteiger partial charge in [-0.05, 0) is 37.6 Å². The van der Waals surface area contributed by atoms with Gasteiger partial charge < -0.3 is 15.0 Å². The molecule has 1 atom stereocenters. The van der Waals surface area contributed by atoms with E-state index in [2.05, 4.69) is 22.4 Å². The van der Waals surface area contributed by atoms with E-state index in [9.17, 15) is 10.1 Å². The maximum atomic E-state index is 13.2. The second-order valence-electron chi connectivity index (χ2n) is 7.65. The predicted octanol–water partition coefficient (Wildman–Crippen LogP) is 3.12. The molecule has 3 aromatic rings. The lowest BCUT2D eigenvalue weighted by molar-refractivity contribution is 0.121. The number of rotatable bonds is 4. The van der Waals surface area contributed by atoms with Crippen molar-refractivity contribution < 1.29 is 4.74 Å². The second-order valence-corrected chi connectivity index (χ2v) is 7.65. The van der Waals surface area contributed by atoms with Gasteiger partial charge in [0.05, 0.1) is 41.4 Å². The number of fused-ring (bicyclic) bond motifs is 1. The molecule has 2 aromatic carbocycles. The molecule has 0 saturated carbocycles. The van der Waals surface area contributed by atoms with Crippen LogP contribution >= 0.6 is 0 Å². The highest BCUT2D eigenvalue weighted by Crippen LogP contribution is 2.28. The van der Waals surface area contributed by atoms with Crippen LogP contribution in [0.2, 0.25) is 0 Å². The van der Waals surface area contributed by atoms with Gasteiger partial charge in [0.15, 0.2) is 0 Å². The number of nitriles is 1. The molecule has 0 bridgehead atoms. The molecule has 2 heterocycles. The third kappa shape index (κ3) is 3.62. The number of hydrogen-bond acceptors (Lipinski definition) is 6. The van der Waals surface area contributed by atoms with Crippen molar-refractivity contribution in [3.63, 3.8) is 0 Å². The lowest BCUT2D eigenvalue weighted by Crippen LogP contribution is -2.40. The summed E-state index contributed by atoms with van der Waals surface area (Å²) in [6, 6.07) is 13.5. The van der Waals surface area contributed by atoms with Crippen molar-refractivity contribution in [2.45, 2.75) is 19.9 Å². The van der Waals surface area contributed by atoms with Crippen LogP contribution in [0.1, 0.15) is 29.7 Å². The van der Waals surface area contributed by atoms with E-state index in [1.54, 1.807) is 17.7 Å². The van der Waals surface area contributed by atoms with E-state index in [0.717, 1.165) is 16.8 Å². The number of morpholine rings is 1. The van der Waals surface area contributed by atoms with E-state index in [0.29, 0.717) is 48.7 Å². The quantitative estimate of drug-likeness (QED) is 0.721. The van der Waals surface area contributed by atoms with Crippen molar-refractivity contribution in [3.05, 3.63) is 63.4 Å². The van der Waals surface area contributed by atoms with Gasteiger partial charge in [-0.15, -0.1) is 0 Å². The lowest BCUT2D eigenvalue weighted by Gasteiger charge is -2.29. The van der Waals surface area contributed by atoms with Crippen molar-refractivity contribution in [2.24, 2.45) is 7.05 Å². The van der Waals surface area contributed by atoms with Crippen LogP contribution in [-0.2, 0) is 11.8 Å². The molecule has 0 aliphatic carbocycles. The fraction of sp³-hybridized carbons (Fsp3) is 0.348. The normalized spacial score (nSPS) is 15.1. The Bertz CT molecular complexity index is 1190. The molecule has 1 saturated heterocycles. The lowest BCUT2D eigenvalue weighted by atomic mass is 10.0. The van der Waals surface area contributed by atoms with Gasteiger partial charge in [-0.25, -0.2) is 4.98 Å². The van der Waals surface area contributed by atoms with E-state index < -0.39 is 0 Å². The Labute approximate surface area is 175 Å². The van der Waals surface area contributed by atoms with Crippen LogP contribution in [-0.4, -0.2) is 35.9 Å². The molecule has 1 aliphatic rings. The Morgan fingerprint density at radius 3 is 2.70 bits per heavy atom. The first-order valence-corrected chi connectivity index (χ1v) is 10.1. The van der Waals surface area contributed by atoms with Crippen LogP contribution in [0, 0.1) is 18.3 Å². The van der Waals surface area contributed by atoms with E-state index in [1.165, 1.54) is 0 Å². The molecule has 1 aliphatic heterocycles. The van der Waals surface area contributed by atoms with Gasteiger partial charge in [-0.1, -0.05) is 18.2 Å². The van der Waals surface area contributed by atoms with Gasteiger partial charge in [0.2, 0.25) is 5.95 Å². The number of anilines is 2. The average molecular weight is 403 g/mol. The van der Waals surface area contributed by atoms with Crippen molar-refractivity contribution in [2.75, 3.05) is 36.5 Å². The van der Waals surface area contributed by atoms with E-state index in [4.69, 9.17) is 9.72 Å². The van der Waals surface area contributed by atoms with E-state index in [1.807, 2.05) is 38.1 Å². The Morgan fingerprint density at radius 2 is 1.97 bits per heavy atom. The summed E-state index contributed by atoms with van der Waals surface area (Å²) in [5.74, 6) is 0.658. The number of nitrogens with one attached hydrogen (secondary N) is 1. The zero-order chi connectivity index (χ0) is 21.3. The minimum absolute atomic E-state index is 0.0592. The molecule has 1 unspecified atom stereocenters. The SMILES string of the molecule is Cc1cc(C(C)Nc2ccccc2C#N)c2nc(N3CCOCC3)n(C)c(=O)c2c1. The molecule has 7 nitrogen and oxygen atoms in total. The van der Waals surface area contributed by atoms with Crippen molar-refractivity contribution in [1.82, 2.24) is 9.55 Å². The van der Waals surface area contributed by atoms with Gasteiger partial charge >= 0.3 is 0 Å². The fourth-order valence-electron chi connectivity index (χ4n) is 3.93. The summed E-state index contributed by atoms with van der Waals surface area (Å²) in [4.78, 5) is 20.2. The van der Waals surface area contributed by atoms with Gasteiger partial charge in [-0.3, -0.25) is 9.36 Å². The number of hydrogen-bond donors (Lipinski definition) is 1. The number of aromatic nitrogens is 2. The molecule has 0 spiro atoms. The Hall–Kier alpha value is -3.37. The number of nitrogens with zero attached hydrogens (tertiary/aromatic N) is 4. The third-order valence-electron chi connectivity index (χ3n) is 5.51. The van der Waals surface area contributed by atoms with Gasteiger partial charge in [0, 0.05) is 25.7 Å². The molecule has 0 amide bonds. The highest BCUT2D eigenvalue weighted by atomic mass is 16.5. The predicted molar refractivity (Wildman–Crippen MR) is 118 cm³/mol. The summed E-state index contributed by atoms with van der Waals surface area (Å²) in [7, 11) is 1.77. The van der Waals surface area contributed by atoms with E-state index in [-0.39, 0.29) is 11.6 Å². The highest BCUT2D eigenvalue weighted by molar-refractivity contribution is 5.84. The molecule has 154 valence electrons. The average Bonchev–Trinajstić information content (AvgIpc) is 2.77. The topological polar surface area (TPSA) is 83.2 Å².